The van der Waals surface area contributed by atoms with Gasteiger partial charge in [-0.1, -0.05) is 72.8 Å². The van der Waals surface area contributed by atoms with E-state index in [2.05, 4.69) is 0 Å². The fraction of sp³-hybridized carbons (Fsp3) is 0.265. The van der Waals surface area contributed by atoms with Gasteiger partial charge < -0.3 is 33.2 Å². The van der Waals surface area contributed by atoms with Crippen molar-refractivity contribution in [3.05, 3.63) is 113 Å². The van der Waals surface area contributed by atoms with Crippen LogP contribution in [0.25, 0.3) is 0 Å². The molecule has 0 aliphatic rings. The van der Waals surface area contributed by atoms with E-state index in [9.17, 15) is 4.79 Å². The summed E-state index contributed by atoms with van der Waals surface area (Å²) in [5.41, 5.74) is 2.70. The number of ketones is 1. The van der Waals surface area contributed by atoms with Crippen LogP contribution < -0.4 is 23.7 Å². The lowest BCUT2D eigenvalue weighted by Gasteiger charge is -2.27. The molecule has 0 amide bonds. The molecule has 0 saturated heterocycles. The Balaban J connectivity index is 1.86. The summed E-state index contributed by atoms with van der Waals surface area (Å²) >= 11 is 0. The summed E-state index contributed by atoms with van der Waals surface area (Å²) in [6, 6.07) is 28.2. The predicted molar refractivity (Wildman–Crippen MR) is 159 cm³/mol. The summed E-state index contributed by atoms with van der Waals surface area (Å²) in [5, 5.41) is 0. The van der Waals surface area contributed by atoms with Crippen molar-refractivity contribution in [3.8, 4) is 28.7 Å². The summed E-state index contributed by atoms with van der Waals surface area (Å²) in [7, 11) is 7.57. The summed E-state index contributed by atoms with van der Waals surface area (Å²) in [5.74, 6) is 0.520. The number of hydrogen-bond acceptors (Lipinski definition) is 8. The van der Waals surface area contributed by atoms with Crippen molar-refractivity contribution >= 4 is 5.78 Å². The smallest absolute Gasteiger partial charge is 0.204 e. The van der Waals surface area contributed by atoms with Gasteiger partial charge in [-0.2, -0.15) is 0 Å². The number of hydrogen-bond donors (Lipinski definition) is 0. The van der Waals surface area contributed by atoms with Gasteiger partial charge in [0, 0.05) is 20.3 Å². The van der Waals surface area contributed by atoms with Crippen LogP contribution in [-0.4, -0.2) is 47.6 Å². The molecular formula is C34H36O8. The van der Waals surface area contributed by atoms with Crippen LogP contribution in [0.2, 0.25) is 0 Å². The van der Waals surface area contributed by atoms with Crippen molar-refractivity contribution in [2.24, 2.45) is 0 Å². The molecule has 0 radical (unpaired) electrons. The minimum absolute atomic E-state index is 0.178. The van der Waals surface area contributed by atoms with Gasteiger partial charge in [-0.15, -0.1) is 0 Å². The SMILES string of the molecule is COc1ccc(C(C(=O)c2c(OCc3ccccc3)cc(OC)c(OCc3ccccc3)c2OC)C(OC)OC)cc1. The van der Waals surface area contributed by atoms with Gasteiger partial charge in [-0.25, -0.2) is 0 Å². The summed E-state index contributed by atoms with van der Waals surface area (Å²) in [6.45, 7) is 0.439. The molecule has 0 spiro atoms. The van der Waals surface area contributed by atoms with E-state index < -0.39 is 12.2 Å². The third kappa shape index (κ3) is 7.02. The van der Waals surface area contributed by atoms with Crippen molar-refractivity contribution in [1.82, 2.24) is 0 Å². The molecule has 1 atom stereocenters. The molecule has 0 saturated carbocycles. The maximum Gasteiger partial charge on any atom is 0.204 e. The fourth-order valence-electron chi connectivity index (χ4n) is 4.66. The van der Waals surface area contributed by atoms with Crippen LogP contribution >= 0.6 is 0 Å². The first kappa shape index (κ1) is 30.4. The zero-order valence-corrected chi connectivity index (χ0v) is 24.5. The Labute approximate surface area is 246 Å². The molecule has 4 aromatic carbocycles. The molecule has 0 aliphatic carbocycles. The van der Waals surface area contributed by atoms with Gasteiger partial charge >= 0.3 is 0 Å². The number of carbonyl (C=O) groups excluding carboxylic acids is 1. The topological polar surface area (TPSA) is 81.7 Å². The number of rotatable bonds is 15. The molecule has 42 heavy (non-hydrogen) atoms. The van der Waals surface area contributed by atoms with Gasteiger partial charge in [0.2, 0.25) is 5.75 Å². The second kappa shape index (κ2) is 14.9. The average Bonchev–Trinajstić information content (AvgIpc) is 3.05. The molecule has 220 valence electrons. The Bertz CT molecular complexity index is 1420. The Morgan fingerprint density at radius 1 is 0.619 bits per heavy atom. The fourth-order valence-corrected chi connectivity index (χ4v) is 4.66. The molecule has 4 aromatic rings. The van der Waals surface area contributed by atoms with Gasteiger partial charge in [0.05, 0.1) is 27.2 Å². The maximum absolute atomic E-state index is 14.6. The average molecular weight is 573 g/mol. The second-order valence-corrected chi connectivity index (χ2v) is 9.32. The Morgan fingerprint density at radius 2 is 1.19 bits per heavy atom. The van der Waals surface area contributed by atoms with Gasteiger partial charge in [0.15, 0.2) is 23.6 Å². The normalized spacial score (nSPS) is 11.6. The first-order valence-corrected chi connectivity index (χ1v) is 13.4. The van der Waals surface area contributed by atoms with Crippen LogP contribution in [0.15, 0.2) is 91.0 Å². The van der Waals surface area contributed by atoms with E-state index >= 15 is 0 Å². The Morgan fingerprint density at radius 3 is 1.69 bits per heavy atom. The lowest BCUT2D eigenvalue weighted by molar-refractivity contribution is -0.110. The van der Waals surface area contributed by atoms with Crippen molar-refractivity contribution < 1.29 is 38.0 Å². The number of benzene rings is 4. The Hall–Kier alpha value is -4.53. The standard InChI is InChI=1S/C34H36O8/c1-36-26-18-16-25(17-19-26)29(34(39-4)40-5)31(35)30-27(41-21-23-12-8-6-9-13-23)20-28(37-2)32(33(30)38-3)42-22-24-14-10-7-11-15-24/h6-20,29,34H,21-22H2,1-5H3. The van der Waals surface area contributed by atoms with Crippen molar-refractivity contribution in [3.63, 3.8) is 0 Å². The maximum atomic E-state index is 14.6. The molecule has 0 aliphatic heterocycles. The second-order valence-electron chi connectivity index (χ2n) is 9.32. The van der Waals surface area contributed by atoms with E-state index in [0.717, 1.165) is 11.1 Å². The van der Waals surface area contributed by atoms with Crippen LogP contribution in [0.1, 0.15) is 33.0 Å². The molecular weight excluding hydrogens is 536 g/mol. The molecule has 4 rings (SSSR count). The number of carbonyl (C=O) groups is 1. The van der Waals surface area contributed by atoms with Gasteiger partial charge in [0.1, 0.15) is 30.3 Å². The third-order valence-corrected chi connectivity index (χ3v) is 6.79. The molecule has 8 heteroatoms. The van der Waals surface area contributed by atoms with Crippen LogP contribution in [0, 0.1) is 0 Å². The molecule has 0 heterocycles. The summed E-state index contributed by atoms with van der Waals surface area (Å²) < 4.78 is 40.7. The first-order valence-electron chi connectivity index (χ1n) is 13.4. The molecule has 1 unspecified atom stereocenters. The molecule has 0 bridgehead atoms. The van der Waals surface area contributed by atoms with Crippen molar-refractivity contribution in [2.75, 3.05) is 35.5 Å². The van der Waals surface area contributed by atoms with E-state index in [-0.39, 0.29) is 41.8 Å². The van der Waals surface area contributed by atoms with E-state index in [4.69, 9.17) is 33.2 Å². The van der Waals surface area contributed by atoms with E-state index in [1.807, 2.05) is 60.7 Å². The van der Waals surface area contributed by atoms with Gasteiger partial charge in [-0.3, -0.25) is 4.79 Å². The molecule has 0 fully saturated rings. The number of ether oxygens (including phenoxy) is 7. The number of Topliss-reactive ketones (excluding diaryl/α,β-unsaturated/α-hetero) is 1. The zero-order valence-electron chi connectivity index (χ0n) is 24.5. The predicted octanol–water partition coefficient (Wildman–Crippen LogP) is 6.46. The number of methoxy groups -OCH3 is 5. The summed E-state index contributed by atoms with van der Waals surface area (Å²) in [4.78, 5) is 14.6. The van der Waals surface area contributed by atoms with E-state index in [1.165, 1.54) is 28.4 Å². The highest BCUT2D eigenvalue weighted by Crippen LogP contribution is 2.48. The van der Waals surface area contributed by atoms with Crippen molar-refractivity contribution in [2.45, 2.75) is 25.4 Å². The third-order valence-electron chi connectivity index (χ3n) is 6.79. The van der Waals surface area contributed by atoms with Crippen LogP contribution in [0.5, 0.6) is 28.7 Å². The molecule has 0 aromatic heterocycles. The highest BCUT2D eigenvalue weighted by Gasteiger charge is 2.37. The monoisotopic (exact) mass is 572 g/mol. The van der Waals surface area contributed by atoms with Crippen molar-refractivity contribution in [1.29, 1.82) is 0 Å². The highest BCUT2D eigenvalue weighted by molar-refractivity contribution is 6.07. The summed E-state index contributed by atoms with van der Waals surface area (Å²) in [6.07, 6.45) is -0.909. The Kier molecular flexibility index (Phi) is 10.8. The quantitative estimate of drug-likeness (QED) is 0.119. The largest absolute Gasteiger partial charge is 0.497 e. The first-order chi connectivity index (χ1) is 20.5. The lowest BCUT2D eigenvalue weighted by Crippen LogP contribution is -2.30. The zero-order chi connectivity index (χ0) is 29.9. The molecule has 8 nitrogen and oxygen atoms in total. The highest BCUT2D eigenvalue weighted by atomic mass is 16.7. The molecule has 0 N–H and O–H groups in total. The van der Waals surface area contributed by atoms with Crippen LogP contribution in [0.4, 0.5) is 0 Å². The lowest BCUT2D eigenvalue weighted by atomic mass is 9.88. The van der Waals surface area contributed by atoms with Crippen LogP contribution in [-0.2, 0) is 22.7 Å². The van der Waals surface area contributed by atoms with Gasteiger partial charge in [-0.05, 0) is 28.8 Å². The van der Waals surface area contributed by atoms with E-state index in [0.29, 0.717) is 17.1 Å². The van der Waals surface area contributed by atoms with Gasteiger partial charge in [0.25, 0.3) is 0 Å². The minimum Gasteiger partial charge on any atom is -0.497 e. The van der Waals surface area contributed by atoms with E-state index in [1.54, 1.807) is 37.4 Å². The minimum atomic E-state index is -0.909. The van der Waals surface area contributed by atoms with Crippen LogP contribution in [0.3, 0.4) is 0 Å².